The van der Waals surface area contributed by atoms with Crippen LogP contribution in [-0.4, -0.2) is 55.0 Å². The Morgan fingerprint density at radius 3 is 2.52 bits per heavy atom. The molecule has 0 spiro atoms. The van der Waals surface area contributed by atoms with Gasteiger partial charge >= 0.3 is 0 Å². The summed E-state index contributed by atoms with van der Waals surface area (Å²) in [5.41, 5.74) is 5.48. The molecule has 2 heterocycles. The average Bonchev–Trinajstić information content (AvgIpc) is 2.96. The molecule has 0 aliphatic carbocycles. The van der Waals surface area contributed by atoms with Gasteiger partial charge in [-0.15, -0.1) is 0 Å². The minimum atomic E-state index is 0.379. The predicted octanol–water partition coefficient (Wildman–Crippen LogP) is 2.23. The summed E-state index contributed by atoms with van der Waals surface area (Å²) in [6.45, 7) is 6.51. The van der Waals surface area contributed by atoms with E-state index >= 15 is 0 Å². The van der Waals surface area contributed by atoms with E-state index in [0.29, 0.717) is 11.8 Å². The van der Waals surface area contributed by atoms with Crippen molar-refractivity contribution in [1.29, 1.82) is 0 Å². The smallest absolute Gasteiger partial charge is 0.222 e. The van der Waals surface area contributed by atoms with Gasteiger partial charge in [0.25, 0.3) is 0 Å². The van der Waals surface area contributed by atoms with Crippen LogP contribution in [-0.2, 0) is 4.79 Å². The molecule has 0 saturated carbocycles. The quantitative estimate of drug-likeness (QED) is 0.699. The first-order chi connectivity index (χ1) is 10.3. The van der Waals surface area contributed by atoms with Gasteiger partial charge in [-0.1, -0.05) is 19.3 Å². The summed E-state index contributed by atoms with van der Waals surface area (Å²) in [6.07, 6.45) is 10.5. The molecule has 0 radical (unpaired) electrons. The molecular weight excluding hydrogens is 262 g/mol. The Bertz CT molecular complexity index is 302. The molecule has 122 valence electrons. The Labute approximate surface area is 130 Å². The van der Waals surface area contributed by atoms with Crippen LogP contribution >= 0.6 is 0 Å². The topological polar surface area (TPSA) is 49.6 Å². The predicted molar refractivity (Wildman–Crippen MR) is 87.1 cm³/mol. The van der Waals surface area contributed by atoms with Gasteiger partial charge in [0.15, 0.2) is 0 Å². The zero-order valence-electron chi connectivity index (χ0n) is 13.6. The lowest BCUT2D eigenvalue weighted by atomic mass is 10.1. The minimum Gasteiger partial charge on any atom is -0.342 e. The van der Waals surface area contributed by atoms with Crippen molar-refractivity contribution in [3.8, 4) is 0 Å². The Morgan fingerprint density at radius 1 is 1.00 bits per heavy atom. The second-order valence-corrected chi connectivity index (χ2v) is 6.81. The lowest BCUT2D eigenvalue weighted by molar-refractivity contribution is -0.130. The molecule has 1 amide bonds. The molecule has 2 aliphatic rings. The number of amides is 1. The van der Waals surface area contributed by atoms with E-state index in [0.717, 1.165) is 45.3 Å². The van der Waals surface area contributed by atoms with Crippen LogP contribution < -0.4 is 5.73 Å². The lowest BCUT2D eigenvalue weighted by Gasteiger charge is -2.29. The van der Waals surface area contributed by atoms with Gasteiger partial charge in [0.2, 0.25) is 5.91 Å². The second-order valence-electron chi connectivity index (χ2n) is 6.81. The molecule has 1 unspecified atom stereocenters. The average molecular weight is 295 g/mol. The van der Waals surface area contributed by atoms with Gasteiger partial charge in [-0.2, -0.15) is 0 Å². The summed E-state index contributed by atoms with van der Waals surface area (Å²) in [7, 11) is 0. The van der Waals surface area contributed by atoms with Gasteiger partial charge in [0.1, 0.15) is 0 Å². The normalized spacial score (nSPS) is 23.7. The molecule has 21 heavy (non-hydrogen) atoms. The molecule has 4 nitrogen and oxygen atoms in total. The second kappa shape index (κ2) is 9.42. The van der Waals surface area contributed by atoms with E-state index < -0.39 is 0 Å². The number of unbranched alkanes of at least 4 members (excludes halogenated alkanes) is 3. The van der Waals surface area contributed by atoms with Crippen LogP contribution in [0.25, 0.3) is 0 Å². The Morgan fingerprint density at radius 2 is 1.76 bits per heavy atom. The van der Waals surface area contributed by atoms with Crippen LogP contribution in [0.5, 0.6) is 0 Å². The van der Waals surface area contributed by atoms with Crippen LogP contribution in [0.15, 0.2) is 0 Å². The first-order valence-electron chi connectivity index (χ1n) is 9.00. The Balaban J connectivity index is 1.58. The van der Waals surface area contributed by atoms with E-state index in [4.69, 9.17) is 5.73 Å². The molecule has 1 atom stereocenters. The van der Waals surface area contributed by atoms with E-state index in [1.807, 2.05) is 0 Å². The maximum atomic E-state index is 12.2. The fourth-order valence-corrected chi connectivity index (χ4v) is 3.65. The highest BCUT2D eigenvalue weighted by molar-refractivity contribution is 5.76. The van der Waals surface area contributed by atoms with E-state index in [2.05, 4.69) is 9.80 Å². The number of nitrogens with zero attached hydrogens (tertiary/aromatic N) is 2. The van der Waals surface area contributed by atoms with Crippen molar-refractivity contribution in [3.63, 3.8) is 0 Å². The molecule has 2 saturated heterocycles. The van der Waals surface area contributed by atoms with Crippen molar-refractivity contribution in [2.45, 2.75) is 57.8 Å². The molecule has 2 aliphatic heterocycles. The van der Waals surface area contributed by atoms with Crippen molar-refractivity contribution in [1.82, 2.24) is 9.80 Å². The summed E-state index contributed by atoms with van der Waals surface area (Å²) < 4.78 is 0. The first-order valence-corrected chi connectivity index (χ1v) is 9.00. The minimum absolute atomic E-state index is 0.379. The number of hydrogen-bond acceptors (Lipinski definition) is 3. The number of hydrogen-bond donors (Lipinski definition) is 1. The van der Waals surface area contributed by atoms with Crippen molar-refractivity contribution in [2.24, 2.45) is 11.7 Å². The molecule has 0 aromatic rings. The number of likely N-dealkylation sites (tertiary alicyclic amines) is 2. The summed E-state index contributed by atoms with van der Waals surface area (Å²) in [6, 6.07) is 0. The largest absolute Gasteiger partial charge is 0.342 e. The highest BCUT2D eigenvalue weighted by Crippen LogP contribution is 2.21. The van der Waals surface area contributed by atoms with E-state index in [1.54, 1.807) is 0 Å². The third-order valence-electron chi connectivity index (χ3n) is 4.95. The molecule has 0 aromatic carbocycles. The van der Waals surface area contributed by atoms with E-state index in [1.165, 1.54) is 51.7 Å². The first kappa shape index (κ1) is 16.8. The van der Waals surface area contributed by atoms with Crippen molar-refractivity contribution < 1.29 is 4.79 Å². The molecule has 2 fully saturated rings. The monoisotopic (exact) mass is 295 g/mol. The fraction of sp³-hybridized carbons (Fsp3) is 0.941. The molecular formula is C17H33N3O. The standard InChI is InChI=1S/C17H33N3O/c18-10-5-2-1-4-8-17(21)20-13-9-16(15-20)14-19-11-6-3-7-12-19/h16H,1-15,18H2. The van der Waals surface area contributed by atoms with Gasteiger partial charge in [-0.05, 0) is 57.7 Å². The highest BCUT2D eigenvalue weighted by atomic mass is 16.2. The zero-order chi connectivity index (χ0) is 14.9. The van der Waals surface area contributed by atoms with Crippen LogP contribution in [0.4, 0.5) is 0 Å². The van der Waals surface area contributed by atoms with Crippen LogP contribution in [0, 0.1) is 5.92 Å². The van der Waals surface area contributed by atoms with Crippen molar-refractivity contribution in [2.75, 3.05) is 39.3 Å². The summed E-state index contributed by atoms with van der Waals surface area (Å²) >= 11 is 0. The van der Waals surface area contributed by atoms with Gasteiger partial charge in [0.05, 0.1) is 0 Å². The molecule has 2 rings (SSSR count). The fourth-order valence-electron chi connectivity index (χ4n) is 3.65. The van der Waals surface area contributed by atoms with Gasteiger partial charge in [-0.3, -0.25) is 4.79 Å². The highest BCUT2D eigenvalue weighted by Gasteiger charge is 2.27. The number of piperidine rings is 1. The number of nitrogens with two attached hydrogens (primary N) is 1. The van der Waals surface area contributed by atoms with Gasteiger partial charge < -0.3 is 15.5 Å². The third-order valence-corrected chi connectivity index (χ3v) is 4.95. The summed E-state index contributed by atoms with van der Waals surface area (Å²) in [5.74, 6) is 1.09. The maximum absolute atomic E-state index is 12.2. The molecule has 0 bridgehead atoms. The lowest BCUT2D eigenvalue weighted by Crippen LogP contribution is -2.36. The van der Waals surface area contributed by atoms with E-state index in [9.17, 15) is 4.79 Å². The van der Waals surface area contributed by atoms with Crippen LogP contribution in [0.2, 0.25) is 0 Å². The number of carbonyl (C=O) groups is 1. The van der Waals surface area contributed by atoms with Crippen molar-refractivity contribution in [3.05, 3.63) is 0 Å². The van der Waals surface area contributed by atoms with E-state index in [-0.39, 0.29) is 0 Å². The zero-order valence-corrected chi connectivity index (χ0v) is 13.6. The number of rotatable bonds is 8. The summed E-state index contributed by atoms with van der Waals surface area (Å²) in [5, 5.41) is 0. The SMILES string of the molecule is NCCCCCCC(=O)N1CCC(CN2CCCCC2)C1. The Kier molecular flexibility index (Phi) is 7.51. The van der Waals surface area contributed by atoms with Crippen molar-refractivity contribution >= 4 is 5.91 Å². The number of carbonyl (C=O) groups excluding carboxylic acids is 1. The van der Waals surface area contributed by atoms with Crippen LogP contribution in [0.3, 0.4) is 0 Å². The Hall–Kier alpha value is -0.610. The van der Waals surface area contributed by atoms with Gasteiger partial charge in [-0.25, -0.2) is 0 Å². The van der Waals surface area contributed by atoms with Gasteiger partial charge in [0, 0.05) is 26.1 Å². The summed E-state index contributed by atoms with van der Waals surface area (Å²) in [4.78, 5) is 16.9. The third kappa shape index (κ3) is 5.95. The molecule has 0 aromatic heterocycles. The molecule has 2 N–H and O–H groups in total. The molecule has 4 heteroatoms. The van der Waals surface area contributed by atoms with Crippen LogP contribution in [0.1, 0.15) is 57.8 Å². The maximum Gasteiger partial charge on any atom is 0.222 e.